The zero-order chi connectivity index (χ0) is 25.7. The number of aromatic amines is 1. The Labute approximate surface area is 207 Å². The summed E-state index contributed by atoms with van der Waals surface area (Å²) in [4.78, 5) is 62.5. The number of benzene rings is 1. The summed E-state index contributed by atoms with van der Waals surface area (Å²) in [5, 5.41) is 7.79. The van der Waals surface area contributed by atoms with Crippen molar-refractivity contribution >= 4 is 40.7 Å². The van der Waals surface area contributed by atoms with Crippen molar-refractivity contribution in [3.63, 3.8) is 0 Å². The number of carbonyl (C=O) groups excluding carboxylic acids is 3. The molecule has 4 N–H and O–H groups in total. The maximum absolute atomic E-state index is 13.2. The summed E-state index contributed by atoms with van der Waals surface area (Å²) >= 11 is 0. The molecule has 186 valence electrons. The molecule has 4 amide bonds. The number of rotatable bonds is 6. The predicted molar refractivity (Wildman–Crippen MR) is 128 cm³/mol. The van der Waals surface area contributed by atoms with E-state index in [1.54, 1.807) is 30.3 Å². The molecule has 3 aromatic heterocycles. The number of fused-ring (bicyclic) bond motifs is 2. The minimum atomic E-state index is -1.67. The maximum Gasteiger partial charge on any atom is 0.322 e. The van der Waals surface area contributed by atoms with Gasteiger partial charge < -0.3 is 24.7 Å². The summed E-state index contributed by atoms with van der Waals surface area (Å²) in [6.45, 7) is 0.0817. The fraction of sp³-hybridized carbons (Fsp3) is 0.167. The average molecular weight is 501 g/mol. The van der Waals surface area contributed by atoms with Gasteiger partial charge in [0, 0.05) is 30.4 Å². The van der Waals surface area contributed by atoms with Crippen molar-refractivity contribution in [3.05, 3.63) is 75.9 Å². The van der Waals surface area contributed by atoms with Gasteiger partial charge in [0.2, 0.25) is 5.95 Å². The number of pyridine rings is 1. The predicted octanol–water partition coefficient (Wildman–Crippen LogP) is 1.35. The van der Waals surface area contributed by atoms with Gasteiger partial charge in [0.1, 0.15) is 22.8 Å². The van der Waals surface area contributed by atoms with Gasteiger partial charge >= 0.3 is 6.03 Å². The molecular weight excluding hydrogens is 482 g/mol. The van der Waals surface area contributed by atoms with Gasteiger partial charge in [-0.05, 0) is 29.8 Å². The zero-order valence-corrected chi connectivity index (χ0v) is 19.3. The molecule has 2 aliphatic rings. The summed E-state index contributed by atoms with van der Waals surface area (Å²) in [6, 6.07) is 10.5. The first-order chi connectivity index (χ1) is 17.8. The largest absolute Gasteiger partial charge is 0.497 e. The number of ether oxygens (including phenoxy) is 1. The third-order valence-corrected chi connectivity index (χ3v) is 6.28. The Kier molecular flexibility index (Phi) is 4.93. The van der Waals surface area contributed by atoms with Crippen molar-refractivity contribution in [1.29, 1.82) is 0 Å². The van der Waals surface area contributed by atoms with Gasteiger partial charge in [-0.2, -0.15) is 0 Å². The third-order valence-electron chi connectivity index (χ3n) is 6.28. The highest BCUT2D eigenvalue weighted by atomic mass is 16.5. The highest BCUT2D eigenvalue weighted by molar-refractivity contribution is 6.08. The Bertz CT molecular complexity index is 1660. The van der Waals surface area contributed by atoms with Crippen LogP contribution in [0.25, 0.3) is 11.1 Å². The number of methoxy groups -OCH3 is 1. The molecule has 1 atom stereocenters. The summed E-state index contributed by atoms with van der Waals surface area (Å²) < 4.78 is 11.2. The van der Waals surface area contributed by atoms with Crippen molar-refractivity contribution in [1.82, 2.24) is 30.5 Å². The summed E-state index contributed by atoms with van der Waals surface area (Å²) in [5.41, 5.74) is -0.0175. The smallest absolute Gasteiger partial charge is 0.322 e. The molecule has 13 nitrogen and oxygen atoms in total. The Balaban J connectivity index is 1.34. The van der Waals surface area contributed by atoms with Crippen LogP contribution >= 0.6 is 0 Å². The molecule has 0 saturated carbocycles. The number of carbonyl (C=O) groups is 3. The number of anilines is 2. The highest BCUT2D eigenvalue weighted by Gasteiger charge is 2.53. The van der Waals surface area contributed by atoms with Crippen LogP contribution in [0.1, 0.15) is 21.7 Å². The first kappa shape index (κ1) is 22.3. The quantitative estimate of drug-likeness (QED) is 0.285. The molecule has 37 heavy (non-hydrogen) atoms. The normalized spacial score (nSPS) is 18.6. The fourth-order valence-corrected chi connectivity index (χ4v) is 4.49. The van der Waals surface area contributed by atoms with E-state index in [1.165, 1.54) is 30.3 Å². The van der Waals surface area contributed by atoms with Crippen LogP contribution in [0, 0.1) is 0 Å². The van der Waals surface area contributed by atoms with Crippen LogP contribution in [0.15, 0.2) is 57.9 Å². The lowest BCUT2D eigenvalue weighted by atomic mass is 9.95. The lowest BCUT2D eigenvalue weighted by molar-refractivity contribution is -0.125. The molecule has 4 aromatic rings. The topological polar surface area (TPSA) is 172 Å². The van der Waals surface area contributed by atoms with E-state index in [2.05, 4.69) is 30.9 Å². The van der Waals surface area contributed by atoms with Gasteiger partial charge in [0.05, 0.1) is 13.7 Å². The van der Waals surface area contributed by atoms with E-state index < -0.39 is 17.5 Å². The van der Waals surface area contributed by atoms with Crippen LogP contribution in [-0.2, 0) is 16.9 Å². The van der Waals surface area contributed by atoms with Crippen LogP contribution in [0.3, 0.4) is 0 Å². The Morgan fingerprint density at radius 3 is 2.76 bits per heavy atom. The van der Waals surface area contributed by atoms with Gasteiger partial charge in [-0.25, -0.2) is 14.8 Å². The Morgan fingerprint density at radius 2 is 2.00 bits per heavy atom. The van der Waals surface area contributed by atoms with Crippen LogP contribution in [0.4, 0.5) is 16.6 Å². The number of amides is 4. The molecule has 0 aliphatic carbocycles. The maximum atomic E-state index is 13.2. The van der Waals surface area contributed by atoms with Gasteiger partial charge in [0.25, 0.3) is 17.4 Å². The number of H-pyrrole nitrogens is 1. The zero-order valence-electron chi connectivity index (χ0n) is 19.3. The van der Waals surface area contributed by atoms with E-state index in [-0.39, 0.29) is 36.3 Å². The molecule has 0 radical (unpaired) electrons. The van der Waals surface area contributed by atoms with E-state index in [1.807, 2.05) is 0 Å². The van der Waals surface area contributed by atoms with Crippen molar-refractivity contribution in [2.45, 2.75) is 12.1 Å². The molecular formula is C24H19N7O6. The van der Waals surface area contributed by atoms with Crippen molar-refractivity contribution in [2.24, 2.45) is 0 Å². The number of imide groups is 1. The van der Waals surface area contributed by atoms with Crippen molar-refractivity contribution in [2.75, 3.05) is 19.0 Å². The van der Waals surface area contributed by atoms with E-state index in [0.717, 1.165) is 5.56 Å². The second-order valence-electron chi connectivity index (χ2n) is 8.60. The molecule has 1 aromatic carbocycles. The lowest BCUT2D eigenvalue weighted by Crippen LogP contribution is -2.52. The minimum absolute atomic E-state index is 0.114. The molecule has 1 fully saturated rings. The Morgan fingerprint density at radius 1 is 1.14 bits per heavy atom. The molecule has 0 spiro atoms. The van der Waals surface area contributed by atoms with Crippen LogP contribution in [0.2, 0.25) is 0 Å². The number of aromatic nitrogens is 3. The van der Waals surface area contributed by atoms with Crippen LogP contribution in [-0.4, -0.2) is 51.4 Å². The Hall–Kier alpha value is -5.20. The summed E-state index contributed by atoms with van der Waals surface area (Å²) in [6.07, 6.45) is 1.36. The summed E-state index contributed by atoms with van der Waals surface area (Å²) in [5.74, 6) is 0.267. The summed E-state index contributed by atoms with van der Waals surface area (Å²) in [7, 11) is 1.51. The van der Waals surface area contributed by atoms with Gasteiger partial charge in [-0.15, -0.1) is 0 Å². The standard InChI is InChI=1S/C24H19N7O6/c1-36-13-3-2-12-10-31(20(33)14(12)8-13)11-24(21(34)29-23(35)30-24)17-9-15-16(37-17)4-5-18(26-15)27-22-25-7-6-19(32)28-22/h2-9H,10-11H2,1H3,(H2,29,30,34,35)(H2,25,26,27,28,32). The first-order valence-corrected chi connectivity index (χ1v) is 11.2. The van der Waals surface area contributed by atoms with E-state index >= 15 is 0 Å². The average Bonchev–Trinajstić information content (AvgIpc) is 3.52. The molecule has 0 bridgehead atoms. The van der Waals surface area contributed by atoms with E-state index in [0.29, 0.717) is 28.2 Å². The van der Waals surface area contributed by atoms with Gasteiger partial charge in [-0.1, -0.05) is 6.07 Å². The minimum Gasteiger partial charge on any atom is -0.497 e. The van der Waals surface area contributed by atoms with Crippen LogP contribution < -0.4 is 26.2 Å². The third kappa shape index (κ3) is 3.73. The number of furan rings is 1. The van der Waals surface area contributed by atoms with Gasteiger partial charge in [-0.3, -0.25) is 24.7 Å². The van der Waals surface area contributed by atoms with Gasteiger partial charge in [0.15, 0.2) is 11.1 Å². The number of nitrogens with zero attached hydrogens (tertiary/aromatic N) is 3. The SMILES string of the molecule is COc1ccc2c(c1)C(=O)N(CC1(c3cc4nc(Nc5nccc(=O)[nH]5)ccc4o3)NC(=O)NC1=O)C2. The van der Waals surface area contributed by atoms with Crippen molar-refractivity contribution in [3.8, 4) is 5.75 Å². The second kappa shape index (κ2) is 8.19. The van der Waals surface area contributed by atoms with Crippen LogP contribution in [0.5, 0.6) is 5.75 Å². The number of hydrogen-bond donors (Lipinski definition) is 4. The van der Waals surface area contributed by atoms with Crippen molar-refractivity contribution < 1.29 is 23.5 Å². The first-order valence-electron chi connectivity index (χ1n) is 11.2. The molecule has 1 unspecified atom stereocenters. The molecule has 6 rings (SSSR count). The number of hydrogen-bond acceptors (Lipinski definition) is 9. The van der Waals surface area contributed by atoms with E-state index in [9.17, 15) is 19.2 Å². The number of nitrogens with one attached hydrogen (secondary N) is 4. The van der Waals surface area contributed by atoms with E-state index in [4.69, 9.17) is 9.15 Å². The molecule has 13 heteroatoms. The highest BCUT2D eigenvalue weighted by Crippen LogP contribution is 2.35. The molecule has 1 saturated heterocycles. The fourth-order valence-electron chi connectivity index (χ4n) is 4.49. The lowest BCUT2D eigenvalue weighted by Gasteiger charge is -2.28. The molecule has 5 heterocycles. The monoisotopic (exact) mass is 501 g/mol. The second-order valence-corrected chi connectivity index (χ2v) is 8.60. The number of urea groups is 1. The molecule has 2 aliphatic heterocycles.